The molecule has 0 radical (unpaired) electrons. The molecule has 1 amide bonds. The van der Waals surface area contributed by atoms with E-state index >= 15 is 0 Å². The Labute approximate surface area is 274 Å². The SMILES string of the molecule is COc1ccc(CNc2nccc3c([C@@H]4CCCN(C(=O)C5(C)COC5)C4)nn(-c4ccc(Oc5ccccc5)cc4)c23)c(OC)c1. The van der Waals surface area contributed by atoms with E-state index in [1.54, 1.807) is 14.2 Å². The van der Waals surface area contributed by atoms with Crippen molar-refractivity contribution in [2.45, 2.75) is 32.2 Å². The van der Waals surface area contributed by atoms with E-state index in [-0.39, 0.29) is 11.8 Å². The molecule has 3 aromatic carbocycles. The lowest BCUT2D eigenvalue weighted by Crippen LogP contribution is -2.55. The third-order valence-electron chi connectivity index (χ3n) is 9.07. The zero-order valence-electron chi connectivity index (χ0n) is 26.9. The Kier molecular flexibility index (Phi) is 8.43. The van der Waals surface area contributed by atoms with E-state index in [2.05, 4.69) is 5.32 Å². The number of hydrogen-bond acceptors (Lipinski definition) is 8. The number of amides is 1. The number of methoxy groups -OCH3 is 2. The van der Waals surface area contributed by atoms with Crippen LogP contribution in [0.3, 0.4) is 0 Å². The summed E-state index contributed by atoms with van der Waals surface area (Å²) >= 11 is 0. The predicted octanol–water partition coefficient (Wildman–Crippen LogP) is 6.58. The first-order chi connectivity index (χ1) is 23.0. The number of likely N-dealkylation sites (tertiary alicyclic amines) is 1. The molecule has 0 unspecified atom stereocenters. The monoisotopic (exact) mass is 633 g/mol. The molecule has 242 valence electrons. The van der Waals surface area contributed by atoms with Crippen LogP contribution in [-0.2, 0) is 16.1 Å². The highest BCUT2D eigenvalue weighted by atomic mass is 16.5. The molecule has 4 heterocycles. The van der Waals surface area contributed by atoms with Crippen molar-refractivity contribution in [3.8, 4) is 28.7 Å². The van der Waals surface area contributed by atoms with Gasteiger partial charge in [0.25, 0.3) is 0 Å². The van der Waals surface area contributed by atoms with Crippen LogP contribution in [0.5, 0.6) is 23.0 Å². The van der Waals surface area contributed by atoms with Gasteiger partial charge in [0.05, 0.1) is 44.2 Å². The Morgan fingerprint density at radius 2 is 1.74 bits per heavy atom. The number of nitrogens with one attached hydrogen (secondary N) is 1. The van der Waals surface area contributed by atoms with Gasteiger partial charge in [-0.3, -0.25) is 4.79 Å². The number of carbonyl (C=O) groups is 1. The summed E-state index contributed by atoms with van der Waals surface area (Å²) in [7, 11) is 3.29. The highest BCUT2D eigenvalue weighted by Gasteiger charge is 2.44. The number of carbonyl (C=O) groups excluding carboxylic acids is 1. The molecule has 0 aliphatic carbocycles. The minimum Gasteiger partial charge on any atom is -0.497 e. The second kappa shape index (κ2) is 13.0. The quantitative estimate of drug-likeness (QED) is 0.184. The van der Waals surface area contributed by atoms with Gasteiger partial charge in [-0.05, 0) is 74.4 Å². The first-order valence-corrected chi connectivity index (χ1v) is 16.0. The lowest BCUT2D eigenvalue weighted by atomic mass is 9.85. The number of pyridine rings is 1. The number of piperidine rings is 1. The zero-order chi connectivity index (χ0) is 32.4. The maximum absolute atomic E-state index is 13.5. The van der Waals surface area contributed by atoms with Crippen LogP contribution < -0.4 is 19.5 Å². The van der Waals surface area contributed by atoms with Gasteiger partial charge in [-0.25, -0.2) is 9.67 Å². The number of fused-ring (bicyclic) bond motifs is 1. The van der Waals surface area contributed by atoms with E-state index in [4.69, 9.17) is 29.0 Å². The molecule has 47 heavy (non-hydrogen) atoms. The molecule has 1 N–H and O–H groups in total. The van der Waals surface area contributed by atoms with Gasteiger partial charge in [-0.2, -0.15) is 5.10 Å². The summed E-state index contributed by atoms with van der Waals surface area (Å²) in [4.78, 5) is 20.3. The van der Waals surface area contributed by atoms with Crippen molar-refractivity contribution in [1.82, 2.24) is 19.7 Å². The number of nitrogens with zero attached hydrogens (tertiary/aromatic N) is 4. The summed E-state index contributed by atoms with van der Waals surface area (Å²) < 4.78 is 24.5. The topological polar surface area (TPSA) is 100.0 Å². The minimum atomic E-state index is -0.434. The van der Waals surface area contributed by atoms with Crippen LogP contribution in [0.4, 0.5) is 5.82 Å². The Morgan fingerprint density at radius 3 is 2.47 bits per heavy atom. The number of benzene rings is 3. The molecule has 5 aromatic rings. The number of rotatable bonds is 10. The summed E-state index contributed by atoms with van der Waals surface area (Å²) in [5.41, 5.74) is 3.24. The van der Waals surface area contributed by atoms with Gasteiger partial charge >= 0.3 is 0 Å². The van der Waals surface area contributed by atoms with E-state index in [9.17, 15) is 4.79 Å². The van der Waals surface area contributed by atoms with Crippen molar-refractivity contribution in [3.05, 3.63) is 96.3 Å². The Bertz CT molecular complexity index is 1870. The zero-order valence-corrected chi connectivity index (χ0v) is 26.9. The van der Waals surface area contributed by atoms with Gasteiger partial charge in [0.15, 0.2) is 5.82 Å². The second-order valence-electron chi connectivity index (χ2n) is 12.4. The van der Waals surface area contributed by atoms with Crippen molar-refractivity contribution in [3.63, 3.8) is 0 Å². The van der Waals surface area contributed by atoms with Crippen LogP contribution >= 0.6 is 0 Å². The number of hydrogen-bond donors (Lipinski definition) is 1. The first kappa shape index (κ1) is 30.6. The van der Waals surface area contributed by atoms with Gasteiger partial charge in [0.1, 0.15) is 28.5 Å². The highest BCUT2D eigenvalue weighted by Crippen LogP contribution is 2.38. The minimum absolute atomic E-state index is 0.0821. The fourth-order valence-electron chi connectivity index (χ4n) is 6.46. The molecule has 0 bridgehead atoms. The Hall–Kier alpha value is -5.09. The summed E-state index contributed by atoms with van der Waals surface area (Å²) in [5, 5.41) is 9.81. The molecule has 2 aromatic heterocycles. The molecule has 0 saturated carbocycles. The molecule has 1 atom stereocenters. The predicted molar refractivity (Wildman–Crippen MR) is 180 cm³/mol. The van der Waals surface area contributed by atoms with Gasteiger partial charge in [-0.15, -0.1) is 0 Å². The van der Waals surface area contributed by atoms with Crippen LogP contribution in [0.15, 0.2) is 85.1 Å². The van der Waals surface area contributed by atoms with Crippen LogP contribution in [0.25, 0.3) is 16.6 Å². The number of ether oxygens (including phenoxy) is 4. The smallest absolute Gasteiger partial charge is 0.233 e. The third-order valence-corrected chi connectivity index (χ3v) is 9.07. The average molecular weight is 634 g/mol. The Balaban J connectivity index is 1.24. The molecule has 7 rings (SSSR count). The molecule has 10 heteroatoms. The van der Waals surface area contributed by atoms with Crippen molar-refractivity contribution >= 4 is 22.6 Å². The molecule has 2 aliphatic heterocycles. The molecule has 2 saturated heterocycles. The third kappa shape index (κ3) is 6.08. The van der Waals surface area contributed by atoms with Gasteiger partial charge < -0.3 is 29.2 Å². The number of para-hydroxylation sites is 1. The van der Waals surface area contributed by atoms with E-state index in [1.165, 1.54) is 0 Å². The summed E-state index contributed by atoms with van der Waals surface area (Å²) in [6.07, 6.45) is 3.68. The molecular weight excluding hydrogens is 594 g/mol. The summed E-state index contributed by atoms with van der Waals surface area (Å²) in [6, 6.07) is 25.4. The highest BCUT2D eigenvalue weighted by molar-refractivity contribution is 5.92. The number of anilines is 1. The summed E-state index contributed by atoms with van der Waals surface area (Å²) in [6.45, 7) is 4.82. The fraction of sp³-hybridized carbons (Fsp3) is 0.324. The molecular formula is C37H39N5O5. The van der Waals surface area contributed by atoms with E-state index in [0.29, 0.717) is 32.1 Å². The van der Waals surface area contributed by atoms with Gasteiger partial charge in [0, 0.05) is 48.8 Å². The van der Waals surface area contributed by atoms with Gasteiger partial charge in [-0.1, -0.05) is 18.2 Å². The van der Waals surface area contributed by atoms with Gasteiger partial charge in [0.2, 0.25) is 5.91 Å². The lowest BCUT2D eigenvalue weighted by Gasteiger charge is -2.42. The second-order valence-corrected chi connectivity index (χ2v) is 12.4. The van der Waals surface area contributed by atoms with Crippen LogP contribution in [0.1, 0.15) is 36.9 Å². The summed E-state index contributed by atoms with van der Waals surface area (Å²) in [5.74, 6) is 3.91. The molecule has 0 spiro atoms. The van der Waals surface area contributed by atoms with Crippen molar-refractivity contribution in [2.24, 2.45) is 5.41 Å². The number of aromatic nitrogens is 3. The van der Waals surface area contributed by atoms with Crippen molar-refractivity contribution in [2.75, 3.05) is 45.8 Å². The standard InChI is InChI=1S/C37H39N5O5/c1-37(23-46-24-37)36(43)41-19-7-8-26(22-41)33-31-17-18-38-35(39-21-25-11-14-30(44-2)20-32(25)45-3)34(31)42(40-33)27-12-15-29(16-13-27)47-28-9-5-4-6-10-28/h4-6,9-18,20,26H,7-8,19,21-24H2,1-3H3,(H,38,39)/t26-/m1/s1. The maximum Gasteiger partial charge on any atom is 0.233 e. The molecule has 2 aliphatic rings. The largest absolute Gasteiger partial charge is 0.497 e. The van der Waals surface area contributed by atoms with E-state index < -0.39 is 5.41 Å². The average Bonchev–Trinajstić information content (AvgIpc) is 3.50. The van der Waals surface area contributed by atoms with Crippen LogP contribution in [0, 0.1) is 5.41 Å². The molecule has 2 fully saturated rings. The van der Waals surface area contributed by atoms with Crippen molar-refractivity contribution < 1.29 is 23.7 Å². The van der Waals surface area contributed by atoms with Crippen LogP contribution in [-0.4, -0.2) is 66.1 Å². The first-order valence-electron chi connectivity index (χ1n) is 16.0. The lowest BCUT2D eigenvalue weighted by molar-refractivity contribution is -0.169. The van der Waals surface area contributed by atoms with Crippen LogP contribution in [0.2, 0.25) is 0 Å². The molecule has 10 nitrogen and oxygen atoms in total. The maximum atomic E-state index is 13.5. The Morgan fingerprint density at radius 1 is 0.979 bits per heavy atom. The van der Waals surface area contributed by atoms with E-state index in [1.807, 2.05) is 102 Å². The fourth-order valence-corrected chi connectivity index (χ4v) is 6.46. The van der Waals surface area contributed by atoms with Crippen molar-refractivity contribution in [1.29, 1.82) is 0 Å². The normalized spacial score (nSPS) is 17.2. The van der Waals surface area contributed by atoms with E-state index in [0.717, 1.165) is 70.2 Å².